The Morgan fingerprint density at radius 2 is 1.97 bits per heavy atom. The molecule has 1 heterocycles. The molecule has 2 aromatic carbocycles. The van der Waals surface area contributed by atoms with Crippen molar-refractivity contribution in [2.75, 3.05) is 26.5 Å². The first-order chi connectivity index (χ1) is 17.0. The van der Waals surface area contributed by atoms with Gasteiger partial charge in [0.1, 0.15) is 16.4 Å². The molecule has 0 radical (unpaired) electrons. The average Bonchev–Trinajstić information content (AvgIpc) is 3.30. The summed E-state index contributed by atoms with van der Waals surface area (Å²) in [6.07, 6.45) is -1.74. The van der Waals surface area contributed by atoms with Crippen LogP contribution in [0.3, 0.4) is 0 Å². The highest BCUT2D eigenvalue weighted by Gasteiger charge is 2.23. The number of halogens is 2. The molecule has 0 aliphatic carbocycles. The Morgan fingerprint density at radius 3 is 2.61 bits per heavy atom. The number of aromatic nitrogens is 2. The zero-order chi connectivity index (χ0) is 26.5. The Kier molecular flexibility index (Phi) is 8.32. The van der Waals surface area contributed by atoms with Gasteiger partial charge in [-0.3, -0.25) is 4.90 Å². The Hall–Kier alpha value is -3.91. The fraction of sp³-hybridized carbons (Fsp3) is 0.273. The van der Waals surface area contributed by atoms with E-state index in [9.17, 15) is 22.0 Å². The first kappa shape index (κ1) is 26.7. The number of hydrogen-bond acceptors (Lipinski definition) is 7. The van der Waals surface area contributed by atoms with Gasteiger partial charge in [0.2, 0.25) is 10.0 Å². The van der Waals surface area contributed by atoms with Gasteiger partial charge in [0, 0.05) is 35.6 Å². The van der Waals surface area contributed by atoms with Crippen LogP contribution in [0.15, 0.2) is 53.7 Å². The molecular formula is C22H25F2N5O6S. The molecule has 4 N–H and O–H groups in total. The normalized spacial score (nSPS) is 11.5. The number of alkyl halides is 2. The standard InChI is InChI=1S/C22H25F2N5O6S/c1-34-17-5-3-15(19(8-17)35-2)10-27-36(32,33)20-7-16(25)4-6-18(20)29-12-14(9-26-29)11-28(22(30)31)13-21(23)24/h3-9,12,21,27H,10-11,13,25H2,1-2H3,(H,30,31). The first-order valence-electron chi connectivity index (χ1n) is 10.4. The minimum absolute atomic E-state index is 0.102. The van der Waals surface area contributed by atoms with Gasteiger partial charge in [0.15, 0.2) is 0 Å². The van der Waals surface area contributed by atoms with Gasteiger partial charge in [-0.2, -0.15) is 5.10 Å². The number of nitrogens with two attached hydrogens (primary N) is 1. The van der Waals surface area contributed by atoms with Crippen LogP contribution in [0.2, 0.25) is 0 Å². The SMILES string of the molecule is COc1ccc(CNS(=O)(=O)c2cc(N)ccc2-n2cc(CN(CC(F)F)C(=O)O)cn2)c(OC)c1. The summed E-state index contributed by atoms with van der Waals surface area (Å²) in [4.78, 5) is 11.6. The van der Waals surface area contributed by atoms with Crippen LogP contribution in [-0.2, 0) is 23.1 Å². The minimum atomic E-state index is -4.12. The van der Waals surface area contributed by atoms with E-state index in [1.807, 2.05) is 0 Å². The van der Waals surface area contributed by atoms with Crippen molar-refractivity contribution in [2.45, 2.75) is 24.4 Å². The van der Waals surface area contributed by atoms with E-state index in [2.05, 4.69) is 9.82 Å². The topological polar surface area (TPSA) is 149 Å². The van der Waals surface area contributed by atoms with Crippen LogP contribution in [0.1, 0.15) is 11.1 Å². The molecule has 0 saturated heterocycles. The monoisotopic (exact) mass is 525 g/mol. The molecule has 3 aromatic rings. The van der Waals surface area contributed by atoms with Crippen LogP contribution in [0.25, 0.3) is 5.69 Å². The summed E-state index contributed by atoms with van der Waals surface area (Å²) in [5.41, 5.74) is 6.99. The fourth-order valence-corrected chi connectivity index (χ4v) is 4.58. The molecule has 0 atom stereocenters. The number of benzene rings is 2. The van der Waals surface area contributed by atoms with Gasteiger partial charge in [0.05, 0.1) is 39.2 Å². The van der Waals surface area contributed by atoms with Crippen LogP contribution in [0.5, 0.6) is 11.5 Å². The summed E-state index contributed by atoms with van der Waals surface area (Å²) in [5.74, 6) is 0.967. The second kappa shape index (κ2) is 11.2. The molecule has 0 aliphatic heterocycles. The smallest absolute Gasteiger partial charge is 0.407 e. The van der Waals surface area contributed by atoms with Crippen molar-refractivity contribution in [3.8, 4) is 17.2 Å². The molecule has 0 saturated carbocycles. The second-order valence-corrected chi connectivity index (χ2v) is 9.31. The van der Waals surface area contributed by atoms with Crippen molar-refractivity contribution >= 4 is 21.8 Å². The summed E-state index contributed by atoms with van der Waals surface area (Å²) >= 11 is 0. The molecule has 0 spiro atoms. The maximum atomic E-state index is 13.2. The van der Waals surface area contributed by atoms with Crippen LogP contribution in [-0.4, -0.2) is 61.5 Å². The van der Waals surface area contributed by atoms with E-state index < -0.39 is 29.1 Å². The molecule has 3 rings (SSSR count). The number of ether oxygens (including phenoxy) is 2. The van der Waals surface area contributed by atoms with E-state index in [-0.39, 0.29) is 34.9 Å². The van der Waals surface area contributed by atoms with E-state index in [1.165, 1.54) is 49.5 Å². The fourth-order valence-electron chi connectivity index (χ4n) is 3.35. The maximum Gasteiger partial charge on any atom is 0.407 e. The van der Waals surface area contributed by atoms with Crippen molar-refractivity contribution in [3.05, 3.63) is 59.9 Å². The Morgan fingerprint density at radius 1 is 1.22 bits per heavy atom. The van der Waals surface area contributed by atoms with Crippen molar-refractivity contribution in [3.63, 3.8) is 0 Å². The third kappa shape index (κ3) is 6.40. The molecule has 14 heteroatoms. The molecular weight excluding hydrogens is 500 g/mol. The Labute approximate surface area is 206 Å². The van der Waals surface area contributed by atoms with Crippen LogP contribution < -0.4 is 19.9 Å². The summed E-state index contributed by atoms with van der Waals surface area (Å²) in [6, 6.07) is 9.11. The largest absolute Gasteiger partial charge is 0.497 e. The molecule has 36 heavy (non-hydrogen) atoms. The number of carbonyl (C=O) groups is 1. The number of carboxylic acid groups (broad SMARTS) is 1. The molecule has 1 aromatic heterocycles. The predicted molar refractivity (Wildman–Crippen MR) is 126 cm³/mol. The van der Waals surface area contributed by atoms with Crippen LogP contribution >= 0.6 is 0 Å². The summed E-state index contributed by atoms with van der Waals surface area (Å²) < 4.78 is 66.0. The zero-order valence-corrected chi connectivity index (χ0v) is 20.2. The number of rotatable bonds is 11. The maximum absolute atomic E-state index is 13.2. The van der Waals surface area contributed by atoms with E-state index in [0.717, 1.165) is 0 Å². The highest BCUT2D eigenvalue weighted by atomic mass is 32.2. The van der Waals surface area contributed by atoms with Crippen LogP contribution in [0.4, 0.5) is 19.3 Å². The summed E-state index contributed by atoms with van der Waals surface area (Å²) in [5, 5.41) is 13.2. The van der Waals surface area contributed by atoms with E-state index in [4.69, 9.17) is 20.3 Å². The van der Waals surface area contributed by atoms with Gasteiger partial charge in [-0.15, -0.1) is 0 Å². The van der Waals surface area contributed by atoms with Gasteiger partial charge in [-0.25, -0.2) is 31.4 Å². The van der Waals surface area contributed by atoms with Crippen molar-refractivity contribution < 1.29 is 36.6 Å². The first-order valence-corrected chi connectivity index (χ1v) is 11.9. The van der Waals surface area contributed by atoms with E-state index in [1.54, 1.807) is 18.2 Å². The number of methoxy groups -OCH3 is 2. The van der Waals surface area contributed by atoms with Crippen LogP contribution in [0, 0.1) is 0 Å². The zero-order valence-electron chi connectivity index (χ0n) is 19.4. The predicted octanol–water partition coefficient (Wildman–Crippen LogP) is 2.70. The van der Waals surface area contributed by atoms with Gasteiger partial charge >= 0.3 is 6.09 Å². The molecule has 0 bridgehead atoms. The van der Waals surface area contributed by atoms with Crippen molar-refractivity contribution in [2.24, 2.45) is 0 Å². The lowest BCUT2D eigenvalue weighted by Gasteiger charge is -2.17. The van der Waals surface area contributed by atoms with Gasteiger partial charge in [0.25, 0.3) is 6.43 Å². The number of nitrogens with one attached hydrogen (secondary N) is 1. The van der Waals surface area contributed by atoms with Gasteiger partial charge in [-0.1, -0.05) is 6.07 Å². The number of nitrogens with zero attached hydrogens (tertiary/aromatic N) is 3. The molecule has 0 unspecified atom stereocenters. The molecule has 194 valence electrons. The highest BCUT2D eigenvalue weighted by Crippen LogP contribution is 2.27. The molecule has 0 aliphatic rings. The third-order valence-electron chi connectivity index (χ3n) is 5.11. The van der Waals surface area contributed by atoms with Gasteiger partial charge in [-0.05, 0) is 24.3 Å². The number of amides is 1. The Balaban J connectivity index is 1.88. The average molecular weight is 526 g/mol. The lowest BCUT2D eigenvalue weighted by atomic mass is 10.2. The number of sulfonamides is 1. The molecule has 11 nitrogen and oxygen atoms in total. The third-order valence-corrected chi connectivity index (χ3v) is 6.54. The van der Waals surface area contributed by atoms with Crippen molar-refractivity contribution in [1.82, 2.24) is 19.4 Å². The quantitative estimate of drug-likeness (QED) is 0.324. The second-order valence-electron chi connectivity index (χ2n) is 7.58. The summed E-state index contributed by atoms with van der Waals surface area (Å²) in [6.45, 7) is -1.43. The molecule has 0 fully saturated rings. The number of hydrogen-bond donors (Lipinski definition) is 3. The lowest BCUT2D eigenvalue weighted by Crippen LogP contribution is -2.33. The number of anilines is 1. The minimum Gasteiger partial charge on any atom is -0.497 e. The Bertz CT molecular complexity index is 1330. The summed E-state index contributed by atoms with van der Waals surface area (Å²) in [7, 11) is -1.18. The van der Waals surface area contributed by atoms with E-state index >= 15 is 0 Å². The molecule has 1 amide bonds. The van der Waals surface area contributed by atoms with Crippen molar-refractivity contribution in [1.29, 1.82) is 0 Å². The van der Waals surface area contributed by atoms with E-state index in [0.29, 0.717) is 22.0 Å². The number of nitrogen functional groups attached to an aromatic ring is 1. The van der Waals surface area contributed by atoms with Gasteiger partial charge < -0.3 is 20.3 Å². The highest BCUT2D eigenvalue weighted by molar-refractivity contribution is 7.89. The lowest BCUT2D eigenvalue weighted by molar-refractivity contribution is 0.0768.